The highest BCUT2D eigenvalue weighted by Gasteiger charge is 2.23. The Labute approximate surface area is 97.0 Å². The van der Waals surface area contributed by atoms with Gasteiger partial charge < -0.3 is 5.32 Å². The molecule has 1 N–H and O–H groups in total. The molecule has 15 heavy (non-hydrogen) atoms. The zero-order chi connectivity index (χ0) is 11.7. The molecule has 0 spiro atoms. The van der Waals surface area contributed by atoms with E-state index in [2.05, 4.69) is 39.9 Å². The predicted octanol–water partition coefficient (Wildman–Crippen LogP) is 4.23. The number of nitrogens with one attached hydrogen (secondary N) is 1. The van der Waals surface area contributed by atoms with Crippen LogP contribution < -0.4 is 5.32 Å². The topological polar surface area (TPSA) is 12.0 Å². The van der Waals surface area contributed by atoms with Crippen molar-refractivity contribution in [3.8, 4) is 0 Å². The van der Waals surface area contributed by atoms with Gasteiger partial charge in [0.05, 0.1) is 0 Å². The van der Waals surface area contributed by atoms with Gasteiger partial charge in [-0.05, 0) is 30.8 Å². The second-order valence-corrected chi connectivity index (χ2v) is 5.72. The average molecular weight is 213 g/mol. The van der Waals surface area contributed by atoms with E-state index >= 15 is 0 Å². The summed E-state index contributed by atoms with van der Waals surface area (Å²) in [5, 5.41) is 3.50. The Kier molecular flexibility index (Phi) is 8.13. The summed E-state index contributed by atoms with van der Waals surface area (Å²) in [4.78, 5) is 0. The summed E-state index contributed by atoms with van der Waals surface area (Å²) in [6.45, 7) is 13.9. The zero-order valence-corrected chi connectivity index (χ0v) is 11.5. The van der Waals surface area contributed by atoms with Crippen LogP contribution in [0.3, 0.4) is 0 Å². The molecule has 0 radical (unpaired) electrons. The van der Waals surface area contributed by atoms with Gasteiger partial charge >= 0.3 is 0 Å². The van der Waals surface area contributed by atoms with Crippen molar-refractivity contribution in [3.63, 3.8) is 0 Å². The first-order valence-electron chi connectivity index (χ1n) is 6.73. The molecular formula is C14H31N. The normalized spacial score (nSPS) is 14.2. The van der Waals surface area contributed by atoms with Crippen LogP contribution in [0, 0.1) is 11.3 Å². The van der Waals surface area contributed by atoms with Crippen LogP contribution in [0.25, 0.3) is 0 Å². The number of hydrogen-bond donors (Lipinski definition) is 1. The molecule has 0 heterocycles. The maximum atomic E-state index is 3.50. The van der Waals surface area contributed by atoms with Crippen LogP contribution >= 0.6 is 0 Å². The molecule has 1 unspecified atom stereocenters. The summed E-state index contributed by atoms with van der Waals surface area (Å²) in [6.07, 6.45) is 6.94. The molecule has 1 heteroatoms. The van der Waals surface area contributed by atoms with Gasteiger partial charge in [0.2, 0.25) is 0 Å². The van der Waals surface area contributed by atoms with E-state index in [0.717, 1.165) is 12.5 Å². The molecular weight excluding hydrogens is 182 g/mol. The summed E-state index contributed by atoms with van der Waals surface area (Å²) in [7, 11) is 0. The third kappa shape index (κ3) is 7.84. The van der Waals surface area contributed by atoms with Gasteiger partial charge in [0.1, 0.15) is 0 Å². The molecule has 0 aliphatic heterocycles. The fourth-order valence-corrected chi connectivity index (χ4v) is 1.98. The number of rotatable bonds is 8. The Morgan fingerprint density at radius 2 is 1.67 bits per heavy atom. The van der Waals surface area contributed by atoms with E-state index in [4.69, 9.17) is 0 Å². The van der Waals surface area contributed by atoms with Gasteiger partial charge in [0, 0.05) is 0 Å². The highest BCUT2D eigenvalue weighted by Crippen LogP contribution is 2.29. The van der Waals surface area contributed by atoms with Crippen molar-refractivity contribution < 1.29 is 0 Å². The van der Waals surface area contributed by atoms with Gasteiger partial charge in [-0.1, -0.05) is 60.3 Å². The van der Waals surface area contributed by atoms with Crippen LogP contribution in [0.1, 0.15) is 66.7 Å². The fourth-order valence-electron chi connectivity index (χ4n) is 1.98. The van der Waals surface area contributed by atoms with Crippen molar-refractivity contribution in [1.82, 2.24) is 5.32 Å². The molecule has 0 aliphatic rings. The first-order chi connectivity index (χ1) is 7.02. The van der Waals surface area contributed by atoms with Crippen LogP contribution in [-0.2, 0) is 0 Å². The van der Waals surface area contributed by atoms with Crippen LogP contribution in [0.4, 0.5) is 0 Å². The van der Waals surface area contributed by atoms with E-state index in [9.17, 15) is 0 Å². The lowest BCUT2D eigenvalue weighted by Crippen LogP contribution is -2.31. The standard InChI is InChI=1S/C14H31N/c1-6-8-9-10-11-13(12-15-7-2)14(3,4)5/h13,15H,6-12H2,1-5H3. The molecule has 0 fully saturated rings. The third-order valence-corrected chi connectivity index (χ3v) is 3.27. The third-order valence-electron chi connectivity index (χ3n) is 3.27. The summed E-state index contributed by atoms with van der Waals surface area (Å²) < 4.78 is 0. The molecule has 0 aromatic rings. The van der Waals surface area contributed by atoms with Crippen molar-refractivity contribution in [2.45, 2.75) is 66.7 Å². The van der Waals surface area contributed by atoms with Crippen molar-refractivity contribution in [3.05, 3.63) is 0 Å². The van der Waals surface area contributed by atoms with Crippen molar-refractivity contribution in [2.24, 2.45) is 11.3 Å². The van der Waals surface area contributed by atoms with Gasteiger partial charge in [0.25, 0.3) is 0 Å². The van der Waals surface area contributed by atoms with Crippen molar-refractivity contribution in [1.29, 1.82) is 0 Å². The van der Waals surface area contributed by atoms with Crippen LogP contribution in [0.2, 0.25) is 0 Å². The molecule has 0 amide bonds. The lowest BCUT2D eigenvalue weighted by atomic mass is 9.77. The first kappa shape index (κ1) is 15.0. The Hall–Kier alpha value is -0.0400. The highest BCUT2D eigenvalue weighted by atomic mass is 14.8. The van der Waals surface area contributed by atoms with E-state index in [1.54, 1.807) is 0 Å². The van der Waals surface area contributed by atoms with Gasteiger partial charge in [0.15, 0.2) is 0 Å². The SMILES string of the molecule is CCCCCCC(CNCC)C(C)(C)C. The van der Waals surface area contributed by atoms with Gasteiger partial charge in [-0.25, -0.2) is 0 Å². The van der Waals surface area contributed by atoms with Crippen LogP contribution in [-0.4, -0.2) is 13.1 Å². The minimum Gasteiger partial charge on any atom is -0.317 e. The molecule has 92 valence electrons. The highest BCUT2D eigenvalue weighted by molar-refractivity contribution is 4.75. The second kappa shape index (κ2) is 8.15. The lowest BCUT2D eigenvalue weighted by Gasteiger charge is -2.31. The van der Waals surface area contributed by atoms with Crippen molar-refractivity contribution >= 4 is 0 Å². The van der Waals surface area contributed by atoms with Gasteiger partial charge in [-0.3, -0.25) is 0 Å². The summed E-state index contributed by atoms with van der Waals surface area (Å²) >= 11 is 0. The molecule has 0 saturated carbocycles. The largest absolute Gasteiger partial charge is 0.317 e. The number of hydrogen-bond acceptors (Lipinski definition) is 1. The van der Waals surface area contributed by atoms with Crippen LogP contribution in [0.15, 0.2) is 0 Å². The smallest absolute Gasteiger partial charge is 0.00156 e. The Morgan fingerprint density at radius 1 is 1.00 bits per heavy atom. The van der Waals surface area contributed by atoms with Gasteiger partial charge in [-0.15, -0.1) is 0 Å². The molecule has 0 aromatic heterocycles. The molecule has 0 rings (SSSR count). The first-order valence-corrected chi connectivity index (χ1v) is 6.73. The zero-order valence-electron chi connectivity index (χ0n) is 11.5. The quantitative estimate of drug-likeness (QED) is 0.595. The summed E-state index contributed by atoms with van der Waals surface area (Å²) in [5.74, 6) is 0.828. The van der Waals surface area contributed by atoms with E-state index in [-0.39, 0.29) is 0 Å². The molecule has 0 aromatic carbocycles. The van der Waals surface area contributed by atoms with E-state index < -0.39 is 0 Å². The maximum Gasteiger partial charge on any atom is -0.00156 e. The minimum atomic E-state index is 0.453. The lowest BCUT2D eigenvalue weighted by molar-refractivity contribution is 0.214. The van der Waals surface area contributed by atoms with E-state index in [0.29, 0.717) is 5.41 Å². The molecule has 0 saturated heterocycles. The molecule has 1 nitrogen and oxygen atoms in total. The minimum absolute atomic E-state index is 0.453. The van der Waals surface area contributed by atoms with Crippen molar-refractivity contribution in [2.75, 3.05) is 13.1 Å². The Morgan fingerprint density at radius 3 is 2.13 bits per heavy atom. The molecule has 0 aliphatic carbocycles. The molecule has 1 atom stereocenters. The predicted molar refractivity (Wildman–Crippen MR) is 70.2 cm³/mol. The summed E-state index contributed by atoms with van der Waals surface area (Å²) in [5.41, 5.74) is 0.453. The van der Waals surface area contributed by atoms with Gasteiger partial charge in [-0.2, -0.15) is 0 Å². The van der Waals surface area contributed by atoms with E-state index in [1.165, 1.54) is 38.6 Å². The Bertz CT molecular complexity index is 135. The number of unbranched alkanes of at least 4 members (excludes halogenated alkanes) is 3. The second-order valence-electron chi connectivity index (χ2n) is 5.72. The fraction of sp³-hybridized carbons (Fsp3) is 1.00. The maximum absolute atomic E-state index is 3.50. The monoisotopic (exact) mass is 213 g/mol. The summed E-state index contributed by atoms with van der Waals surface area (Å²) in [6, 6.07) is 0. The molecule has 0 bridgehead atoms. The Balaban J connectivity index is 3.81. The van der Waals surface area contributed by atoms with E-state index in [1.807, 2.05) is 0 Å². The van der Waals surface area contributed by atoms with Crippen LogP contribution in [0.5, 0.6) is 0 Å². The average Bonchev–Trinajstić information content (AvgIpc) is 2.15.